The van der Waals surface area contributed by atoms with Crippen LogP contribution in [0.15, 0.2) is 84.8 Å². The SMILES string of the molecule is BC(Nc1cc(C2CC2)c2ncc(C#N)c(N[C@H](CC)c3ccccc3)c2c1)(C1=CN(C2CC2)NN1)c1ccc(F)cc1. The van der Waals surface area contributed by atoms with E-state index in [0.29, 0.717) is 17.5 Å². The number of hydrogen-bond acceptors (Lipinski definition) is 7. The summed E-state index contributed by atoms with van der Waals surface area (Å²) >= 11 is 0. The van der Waals surface area contributed by atoms with Crippen molar-refractivity contribution < 1.29 is 4.39 Å². The summed E-state index contributed by atoms with van der Waals surface area (Å²) in [7, 11) is 2.11. The zero-order valence-corrected chi connectivity index (χ0v) is 24.5. The van der Waals surface area contributed by atoms with Crippen LogP contribution in [0.4, 0.5) is 15.8 Å². The number of aromatic nitrogens is 1. The van der Waals surface area contributed by atoms with Crippen LogP contribution in [0.1, 0.15) is 73.2 Å². The van der Waals surface area contributed by atoms with Crippen LogP contribution in [0.5, 0.6) is 0 Å². The maximum absolute atomic E-state index is 14.0. The minimum Gasteiger partial charge on any atom is -0.378 e. The number of halogens is 1. The molecule has 0 amide bonds. The summed E-state index contributed by atoms with van der Waals surface area (Å²) in [5.74, 6) is 0.162. The summed E-state index contributed by atoms with van der Waals surface area (Å²) in [6.45, 7) is 2.15. The molecule has 7 rings (SSSR count). The molecular formula is C34H35BFN7. The molecule has 3 aromatic carbocycles. The number of anilines is 2. The van der Waals surface area contributed by atoms with Crippen molar-refractivity contribution in [2.24, 2.45) is 0 Å². The van der Waals surface area contributed by atoms with Crippen LogP contribution < -0.4 is 21.6 Å². The van der Waals surface area contributed by atoms with Crippen LogP contribution in [0.2, 0.25) is 0 Å². The summed E-state index contributed by atoms with van der Waals surface area (Å²) in [5.41, 5.74) is 13.4. The minimum absolute atomic E-state index is 0.0386. The van der Waals surface area contributed by atoms with Gasteiger partial charge in [-0.2, -0.15) is 5.26 Å². The molecule has 0 bridgehead atoms. The Kier molecular flexibility index (Phi) is 6.94. The lowest BCUT2D eigenvalue weighted by Crippen LogP contribution is -2.45. The van der Waals surface area contributed by atoms with Crippen molar-refractivity contribution in [3.05, 3.63) is 113 Å². The molecule has 4 aromatic rings. The highest BCUT2D eigenvalue weighted by molar-refractivity contribution is 6.19. The van der Waals surface area contributed by atoms with Crippen LogP contribution in [0, 0.1) is 17.1 Å². The fraction of sp³-hybridized carbons (Fsp3) is 0.294. The average Bonchev–Trinajstić information content (AvgIpc) is 3.98. The van der Waals surface area contributed by atoms with Gasteiger partial charge in [-0.25, -0.2) is 4.39 Å². The zero-order valence-electron chi connectivity index (χ0n) is 24.5. The second kappa shape index (κ2) is 10.9. The predicted octanol–water partition coefficient (Wildman–Crippen LogP) is 5.91. The highest BCUT2D eigenvalue weighted by Crippen LogP contribution is 2.46. The van der Waals surface area contributed by atoms with Crippen molar-refractivity contribution in [2.75, 3.05) is 10.6 Å². The molecule has 7 nitrogen and oxygen atoms in total. The second-order valence-corrected chi connectivity index (χ2v) is 12.1. The molecule has 2 atom stereocenters. The third-order valence-electron chi connectivity index (χ3n) is 8.95. The topological polar surface area (TPSA) is 88.0 Å². The maximum Gasteiger partial charge on any atom is 0.148 e. The Hall–Kier alpha value is -4.55. The van der Waals surface area contributed by atoms with E-state index in [1.165, 1.54) is 23.3 Å². The third-order valence-corrected chi connectivity index (χ3v) is 8.95. The van der Waals surface area contributed by atoms with Gasteiger partial charge in [0.15, 0.2) is 0 Å². The monoisotopic (exact) mass is 571 g/mol. The molecular weight excluding hydrogens is 536 g/mol. The van der Waals surface area contributed by atoms with Gasteiger partial charge in [0.25, 0.3) is 0 Å². The van der Waals surface area contributed by atoms with Gasteiger partial charge in [-0.1, -0.05) is 49.4 Å². The van der Waals surface area contributed by atoms with Crippen molar-refractivity contribution in [1.82, 2.24) is 21.0 Å². The molecule has 1 aliphatic heterocycles. The van der Waals surface area contributed by atoms with E-state index in [-0.39, 0.29) is 11.9 Å². The van der Waals surface area contributed by atoms with Crippen LogP contribution >= 0.6 is 0 Å². The molecule has 2 saturated carbocycles. The Morgan fingerprint density at radius 2 is 1.88 bits per heavy atom. The smallest absolute Gasteiger partial charge is 0.148 e. The van der Waals surface area contributed by atoms with Gasteiger partial charge < -0.3 is 16.1 Å². The quantitative estimate of drug-likeness (QED) is 0.176. The fourth-order valence-electron chi connectivity index (χ4n) is 6.13. The molecule has 0 radical (unpaired) electrons. The van der Waals surface area contributed by atoms with Gasteiger partial charge in [-0.05, 0) is 79.0 Å². The lowest BCUT2D eigenvalue weighted by atomic mass is 9.69. The molecule has 4 N–H and O–H groups in total. The Morgan fingerprint density at radius 3 is 2.56 bits per heavy atom. The molecule has 9 heteroatoms. The number of nitrogens with zero attached hydrogens (tertiary/aromatic N) is 3. The van der Waals surface area contributed by atoms with Crippen LogP contribution in [0.3, 0.4) is 0 Å². The van der Waals surface area contributed by atoms with Gasteiger partial charge in [0.05, 0.1) is 33.9 Å². The molecule has 0 spiro atoms. The van der Waals surface area contributed by atoms with Gasteiger partial charge in [0.2, 0.25) is 0 Å². The van der Waals surface area contributed by atoms with E-state index in [1.807, 2.05) is 30.3 Å². The van der Waals surface area contributed by atoms with Crippen LogP contribution in [-0.2, 0) is 5.44 Å². The molecule has 1 aromatic heterocycles. The van der Waals surface area contributed by atoms with Gasteiger partial charge in [0, 0.05) is 29.5 Å². The molecule has 1 unspecified atom stereocenters. The lowest BCUT2D eigenvalue weighted by molar-refractivity contribution is 0.260. The van der Waals surface area contributed by atoms with Gasteiger partial charge in [0.1, 0.15) is 19.7 Å². The summed E-state index contributed by atoms with van der Waals surface area (Å²) in [6.07, 6.45) is 9.22. The van der Waals surface area contributed by atoms with E-state index >= 15 is 0 Å². The molecule has 2 aliphatic carbocycles. The van der Waals surface area contributed by atoms with Crippen molar-refractivity contribution in [3.63, 3.8) is 0 Å². The van der Waals surface area contributed by atoms with E-state index in [0.717, 1.165) is 65.6 Å². The number of rotatable bonds is 10. The zero-order chi connectivity index (χ0) is 29.6. The van der Waals surface area contributed by atoms with Crippen LogP contribution in [0.25, 0.3) is 10.9 Å². The minimum atomic E-state index is -0.706. The van der Waals surface area contributed by atoms with E-state index in [9.17, 15) is 9.65 Å². The molecule has 3 aliphatic rings. The number of pyridine rings is 1. The summed E-state index contributed by atoms with van der Waals surface area (Å²) in [5, 5.41) is 20.8. The average molecular weight is 572 g/mol. The summed E-state index contributed by atoms with van der Waals surface area (Å²) in [6, 6.07) is 24.2. The van der Waals surface area contributed by atoms with E-state index in [2.05, 4.69) is 77.9 Å². The first-order valence-corrected chi connectivity index (χ1v) is 15.2. The van der Waals surface area contributed by atoms with Crippen molar-refractivity contribution in [1.29, 1.82) is 5.26 Å². The third kappa shape index (κ3) is 5.28. The Labute approximate surface area is 252 Å². The summed E-state index contributed by atoms with van der Waals surface area (Å²) < 4.78 is 14.0. The van der Waals surface area contributed by atoms with Crippen molar-refractivity contribution >= 4 is 30.1 Å². The van der Waals surface area contributed by atoms with Crippen LogP contribution in [-0.4, -0.2) is 23.9 Å². The molecule has 2 heterocycles. The summed E-state index contributed by atoms with van der Waals surface area (Å²) in [4.78, 5) is 4.83. The standard InChI is InChI=1S/C34H35BFN7/c1-2-30(22-6-4-3-5-7-22)39-32-23(18-37)19-38-33-28(21-8-9-21)16-26(17-29(32)33)40-34(35,24-10-12-25(36)13-11-24)31-20-43(42-41-31)27-14-15-27/h3-7,10-13,16-17,19-21,27,30,40-42H,2,8-9,14-15,35H2,1H3,(H,38,39)/t30-,34?/m1/s1. The Balaban J connectivity index is 1.35. The Morgan fingerprint density at radius 1 is 1.12 bits per heavy atom. The highest BCUT2D eigenvalue weighted by atomic mass is 19.1. The number of hydrogen-bond donors (Lipinski definition) is 4. The van der Waals surface area contributed by atoms with E-state index < -0.39 is 5.44 Å². The number of nitriles is 1. The van der Waals surface area contributed by atoms with Crippen molar-refractivity contribution in [3.8, 4) is 6.07 Å². The molecule has 216 valence electrons. The van der Waals surface area contributed by atoms with Gasteiger partial charge in [-0.15, -0.1) is 5.53 Å². The largest absolute Gasteiger partial charge is 0.378 e. The molecule has 43 heavy (non-hydrogen) atoms. The Bertz CT molecular complexity index is 1730. The molecule has 0 saturated heterocycles. The van der Waals surface area contributed by atoms with E-state index in [4.69, 9.17) is 4.98 Å². The normalized spacial score (nSPS) is 18.3. The first-order chi connectivity index (χ1) is 21.0. The number of benzene rings is 3. The lowest BCUT2D eigenvalue weighted by Gasteiger charge is -2.34. The van der Waals surface area contributed by atoms with Gasteiger partial charge in [-0.3, -0.25) is 9.99 Å². The van der Waals surface area contributed by atoms with Crippen molar-refractivity contribution in [2.45, 2.75) is 62.5 Å². The fourth-order valence-corrected chi connectivity index (χ4v) is 6.13. The number of nitrogens with one attached hydrogen (secondary N) is 4. The second-order valence-electron chi connectivity index (χ2n) is 12.1. The van der Waals surface area contributed by atoms with Gasteiger partial charge >= 0.3 is 0 Å². The van der Waals surface area contributed by atoms with E-state index in [1.54, 1.807) is 6.20 Å². The molecule has 2 fully saturated rings. The highest BCUT2D eigenvalue weighted by Gasteiger charge is 2.38. The number of hydrazine groups is 2. The first kappa shape index (κ1) is 27.3. The maximum atomic E-state index is 14.0. The predicted molar refractivity (Wildman–Crippen MR) is 171 cm³/mol. The first-order valence-electron chi connectivity index (χ1n) is 15.2. The number of fused-ring (bicyclic) bond motifs is 1.